The van der Waals surface area contributed by atoms with Crippen molar-refractivity contribution in [2.45, 2.75) is 22.3 Å². The summed E-state index contributed by atoms with van der Waals surface area (Å²) in [4.78, 5) is 0. The Kier molecular flexibility index (Phi) is 8.74. The Hall–Kier alpha value is -1.02. The van der Waals surface area contributed by atoms with Crippen molar-refractivity contribution in [3.05, 3.63) is 60.7 Å². The Morgan fingerprint density at radius 3 is 1.94 bits per heavy atom. The monoisotopic (exact) mass is 345 g/mol. The first-order valence-corrected chi connectivity index (χ1v) is 4.73. The standard InChI is InChI=1S/C14H9.3CH4.Sn/c1-3-7-13-11(5-1)9-10-12-6-2-4-8-14(12)13;;;;/h1-9H;3*1H4;. The van der Waals surface area contributed by atoms with E-state index in [0.29, 0.717) is 0 Å². The normalized spacial score (nSPS) is 8.44. The van der Waals surface area contributed by atoms with E-state index in [2.05, 4.69) is 54.6 Å². The summed E-state index contributed by atoms with van der Waals surface area (Å²) in [6.07, 6.45) is 0. The van der Waals surface area contributed by atoms with E-state index in [1.54, 1.807) is 0 Å². The minimum atomic E-state index is 0. The molecule has 0 saturated carbocycles. The van der Waals surface area contributed by atoms with Gasteiger partial charge in [0.15, 0.2) is 0 Å². The Morgan fingerprint density at radius 1 is 0.667 bits per heavy atom. The van der Waals surface area contributed by atoms with Crippen LogP contribution < -0.4 is 0 Å². The molecule has 0 nitrogen and oxygen atoms in total. The molecule has 3 aromatic carbocycles. The maximum atomic E-state index is 3.29. The zero-order chi connectivity index (χ0) is 9.38. The molecule has 0 amide bonds. The third kappa shape index (κ3) is 3.26. The average molecular weight is 344 g/mol. The van der Waals surface area contributed by atoms with Gasteiger partial charge in [-0.3, -0.25) is 0 Å². The maximum absolute atomic E-state index is 3.29. The number of hydrogen-bond acceptors (Lipinski definition) is 0. The van der Waals surface area contributed by atoms with Gasteiger partial charge in [0.25, 0.3) is 0 Å². The van der Waals surface area contributed by atoms with Crippen LogP contribution in [0.25, 0.3) is 21.5 Å². The van der Waals surface area contributed by atoms with Gasteiger partial charge in [0.2, 0.25) is 0 Å². The second-order valence-corrected chi connectivity index (χ2v) is 3.42. The van der Waals surface area contributed by atoms with E-state index in [4.69, 9.17) is 0 Å². The molecule has 0 spiro atoms. The maximum Gasteiger partial charge on any atom is 0 e. The first-order chi connectivity index (χ1) is 6.95. The Morgan fingerprint density at radius 2 is 1.22 bits per heavy atom. The van der Waals surface area contributed by atoms with Gasteiger partial charge in [-0.25, -0.2) is 0 Å². The topological polar surface area (TPSA) is 0 Å². The molecule has 0 bridgehead atoms. The number of fused-ring (bicyclic) bond motifs is 3. The van der Waals surface area contributed by atoms with Crippen molar-refractivity contribution in [1.29, 1.82) is 0 Å². The van der Waals surface area contributed by atoms with Crippen LogP contribution in [-0.2, 0) is 0 Å². The van der Waals surface area contributed by atoms with E-state index in [0.717, 1.165) is 0 Å². The van der Waals surface area contributed by atoms with Gasteiger partial charge in [-0.1, -0.05) is 70.8 Å². The van der Waals surface area contributed by atoms with Crippen molar-refractivity contribution in [1.82, 2.24) is 0 Å². The zero-order valence-corrected chi connectivity index (χ0v) is 11.1. The second kappa shape index (κ2) is 8.15. The molecule has 0 aromatic heterocycles. The molecule has 0 atom stereocenters. The van der Waals surface area contributed by atoms with Crippen LogP contribution in [0.2, 0.25) is 0 Å². The largest absolute Gasteiger partial charge is 0.0776 e. The summed E-state index contributed by atoms with van der Waals surface area (Å²) < 4.78 is 0. The van der Waals surface area contributed by atoms with E-state index in [1.807, 2.05) is 6.07 Å². The van der Waals surface area contributed by atoms with E-state index < -0.39 is 0 Å². The van der Waals surface area contributed by atoms with Crippen molar-refractivity contribution >= 4 is 45.5 Å². The first-order valence-electron chi connectivity index (χ1n) is 4.73. The fourth-order valence-corrected chi connectivity index (χ4v) is 1.87. The molecule has 3 aromatic rings. The fourth-order valence-electron chi connectivity index (χ4n) is 1.87. The van der Waals surface area contributed by atoms with Crippen LogP contribution in [0, 0.1) is 6.07 Å². The van der Waals surface area contributed by atoms with Gasteiger partial charge in [-0.05, 0) is 33.7 Å². The molecule has 0 saturated heterocycles. The Balaban J connectivity index is 0. The predicted octanol–water partition coefficient (Wildman–Crippen LogP) is 5.32. The van der Waals surface area contributed by atoms with Gasteiger partial charge in [0.1, 0.15) is 0 Å². The van der Waals surface area contributed by atoms with Crippen LogP contribution in [0.1, 0.15) is 22.3 Å². The summed E-state index contributed by atoms with van der Waals surface area (Å²) >= 11 is 0. The molecule has 0 N–H and O–H groups in total. The molecule has 0 unspecified atom stereocenters. The van der Waals surface area contributed by atoms with E-state index in [9.17, 15) is 0 Å². The molecule has 5 radical (unpaired) electrons. The molecule has 0 fully saturated rings. The van der Waals surface area contributed by atoms with E-state index >= 15 is 0 Å². The molecular formula is C17H21Sn. The second-order valence-electron chi connectivity index (χ2n) is 3.42. The average Bonchev–Trinajstić information content (AvgIpc) is 2.29. The van der Waals surface area contributed by atoms with E-state index in [1.165, 1.54) is 21.5 Å². The zero-order valence-electron chi connectivity index (χ0n) is 8.20. The van der Waals surface area contributed by atoms with Crippen molar-refractivity contribution in [2.75, 3.05) is 0 Å². The van der Waals surface area contributed by atoms with Crippen LogP contribution in [0.3, 0.4) is 0 Å². The molecule has 0 aliphatic heterocycles. The number of benzene rings is 3. The summed E-state index contributed by atoms with van der Waals surface area (Å²) in [5.74, 6) is 0. The molecule has 0 aliphatic carbocycles. The molecule has 0 aliphatic rings. The van der Waals surface area contributed by atoms with Gasteiger partial charge >= 0.3 is 0 Å². The Labute approximate surface area is 128 Å². The van der Waals surface area contributed by atoms with Gasteiger partial charge in [0, 0.05) is 23.9 Å². The molecule has 18 heavy (non-hydrogen) atoms. The van der Waals surface area contributed by atoms with Crippen LogP contribution in [-0.4, -0.2) is 23.9 Å². The molecule has 93 valence electrons. The Bertz CT molecular complexity index is 545. The smallest absolute Gasteiger partial charge is 0 e. The van der Waals surface area contributed by atoms with Crippen LogP contribution >= 0.6 is 0 Å². The SMILES string of the molecule is C.C.C.[Sn].[c]1cc2ccccc2c2ccccc12. The van der Waals surface area contributed by atoms with Gasteiger partial charge in [-0.15, -0.1) is 0 Å². The van der Waals surface area contributed by atoms with Crippen molar-refractivity contribution in [2.24, 2.45) is 0 Å². The van der Waals surface area contributed by atoms with Gasteiger partial charge < -0.3 is 0 Å². The van der Waals surface area contributed by atoms with Crippen LogP contribution in [0.4, 0.5) is 0 Å². The molecule has 1 heteroatoms. The quantitative estimate of drug-likeness (QED) is 0.382. The summed E-state index contributed by atoms with van der Waals surface area (Å²) in [5, 5.41) is 5.03. The summed E-state index contributed by atoms with van der Waals surface area (Å²) in [6, 6.07) is 22.1. The van der Waals surface area contributed by atoms with Crippen LogP contribution in [0.5, 0.6) is 0 Å². The minimum absolute atomic E-state index is 0. The molecule has 3 rings (SSSR count). The van der Waals surface area contributed by atoms with Crippen molar-refractivity contribution in [3.63, 3.8) is 0 Å². The first kappa shape index (κ1) is 19.3. The van der Waals surface area contributed by atoms with Gasteiger partial charge in [-0.2, -0.15) is 0 Å². The minimum Gasteiger partial charge on any atom is -0.0776 e. The summed E-state index contributed by atoms with van der Waals surface area (Å²) in [7, 11) is 0. The van der Waals surface area contributed by atoms with E-state index in [-0.39, 0.29) is 46.2 Å². The van der Waals surface area contributed by atoms with Crippen LogP contribution in [0.15, 0.2) is 54.6 Å². The van der Waals surface area contributed by atoms with Crippen molar-refractivity contribution < 1.29 is 0 Å². The predicted molar refractivity (Wildman–Crippen MR) is 86.2 cm³/mol. The summed E-state index contributed by atoms with van der Waals surface area (Å²) in [5.41, 5.74) is 0. The number of rotatable bonds is 0. The molecular weight excluding hydrogens is 323 g/mol. The third-order valence-corrected chi connectivity index (χ3v) is 2.56. The fraction of sp³-hybridized carbons (Fsp3) is 0.176. The third-order valence-electron chi connectivity index (χ3n) is 2.56. The van der Waals surface area contributed by atoms with Crippen molar-refractivity contribution in [3.8, 4) is 0 Å². The molecule has 0 heterocycles. The van der Waals surface area contributed by atoms with Gasteiger partial charge in [0.05, 0.1) is 0 Å². The number of hydrogen-bond donors (Lipinski definition) is 0. The summed E-state index contributed by atoms with van der Waals surface area (Å²) in [6.45, 7) is 0.